The van der Waals surface area contributed by atoms with Crippen LogP contribution >= 0.6 is 0 Å². The quantitative estimate of drug-likeness (QED) is 0.809. The monoisotopic (exact) mass is 301 g/mol. The molecule has 6 nitrogen and oxygen atoms in total. The highest BCUT2D eigenvalue weighted by atomic mass is 16.6. The molecule has 0 saturated carbocycles. The van der Waals surface area contributed by atoms with Gasteiger partial charge in [0.05, 0.1) is 6.61 Å². The Bertz CT molecular complexity index is 375. The van der Waals surface area contributed by atoms with Crippen molar-refractivity contribution in [2.24, 2.45) is 5.92 Å². The number of esters is 1. The van der Waals surface area contributed by atoms with E-state index in [1.165, 1.54) is 0 Å². The minimum absolute atomic E-state index is 0.0904. The SMILES string of the molecule is CC(C)(C)OC(=O)NC(C(=O)OC(C)(C)C)C1CCOC1. The first-order chi connectivity index (χ1) is 9.48. The molecule has 122 valence electrons. The van der Waals surface area contributed by atoms with E-state index in [1.54, 1.807) is 41.5 Å². The van der Waals surface area contributed by atoms with Crippen LogP contribution in [0.1, 0.15) is 48.0 Å². The van der Waals surface area contributed by atoms with Gasteiger partial charge >= 0.3 is 12.1 Å². The molecule has 2 unspecified atom stereocenters. The predicted octanol–water partition coefficient (Wildman–Crippen LogP) is 2.26. The van der Waals surface area contributed by atoms with Crippen molar-refractivity contribution in [3.63, 3.8) is 0 Å². The molecule has 1 amide bonds. The van der Waals surface area contributed by atoms with Gasteiger partial charge in [0.2, 0.25) is 0 Å². The third-order valence-corrected chi connectivity index (χ3v) is 2.77. The Kier molecular flexibility index (Phi) is 5.61. The lowest BCUT2D eigenvalue weighted by Gasteiger charge is -2.28. The molecule has 0 aromatic carbocycles. The van der Waals surface area contributed by atoms with Crippen LogP contribution in [0.15, 0.2) is 0 Å². The predicted molar refractivity (Wildman–Crippen MR) is 77.9 cm³/mol. The van der Waals surface area contributed by atoms with E-state index in [-0.39, 0.29) is 5.92 Å². The zero-order chi connectivity index (χ0) is 16.3. The van der Waals surface area contributed by atoms with Crippen molar-refractivity contribution < 1.29 is 23.8 Å². The Morgan fingerprint density at radius 2 is 1.67 bits per heavy atom. The van der Waals surface area contributed by atoms with Crippen LogP contribution in [0.5, 0.6) is 0 Å². The van der Waals surface area contributed by atoms with Gasteiger partial charge in [0.1, 0.15) is 17.2 Å². The second-order valence-corrected chi connectivity index (χ2v) is 7.28. The highest BCUT2D eigenvalue weighted by molar-refractivity contribution is 5.82. The van der Waals surface area contributed by atoms with Crippen molar-refractivity contribution >= 4 is 12.1 Å². The number of amides is 1. The summed E-state index contributed by atoms with van der Waals surface area (Å²) in [6, 6.07) is -0.749. The van der Waals surface area contributed by atoms with Crippen LogP contribution in [0.2, 0.25) is 0 Å². The zero-order valence-electron chi connectivity index (χ0n) is 13.8. The van der Waals surface area contributed by atoms with E-state index in [1.807, 2.05) is 0 Å². The Morgan fingerprint density at radius 3 is 2.10 bits per heavy atom. The molecule has 1 aliphatic heterocycles. The topological polar surface area (TPSA) is 73.9 Å². The normalized spacial score (nSPS) is 20.8. The Morgan fingerprint density at radius 1 is 1.10 bits per heavy atom. The molecule has 6 heteroatoms. The highest BCUT2D eigenvalue weighted by Gasteiger charge is 2.36. The molecular weight excluding hydrogens is 274 g/mol. The third kappa shape index (κ3) is 6.80. The summed E-state index contributed by atoms with van der Waals surface area (Å²) >= 11 is 0. The first-order valence-electron chi connectivity index (χ1n) is 7.28. The molecule has 1 saturated heterocycles. The lowest BCUT2D eigenvalue weighted by atomic mass is 9.99. The van der Waals surface area contributed by atoms with Gasteiger partial charge in [-0.05, 0) is 48.0 Å². The van der Waals surface area contributed by atoms with Crippen molar-refractivity contribution in [3.8, 4) is 0 Å². The van der Waals surface area contributed by atoms with Crippen LogP contribution in [0, 0.1) is 5.92 Å². The molecule has 1 fully saturated rings. The van der Waals surface area contributed by atoms with E-state index in [9.17, 15) is 9.59 Å². The Hall–Kier alpha value is -1.30. The maximum atomic E-state index is 12.3. The van der Waals surface area contributed by atoms with Crippen LogP contribution in [0.3, 0.4) is 0 Å². The van der Waals surface area contributed by atoms with E-state index in [4.69, 9.17) is 14.2 Å². The highest BCUT2D eigenvalue weighted by Crippen LogP contribution is 2.20. The summed E-state index contributed by atoms with van der Waals surface area (Å²) < 4.78 is 15.9. The summed E-state index contributed by atoms with van der Waals surface area (Å²) in [6.45, 7) is 11.7. The van der Waals surface area contributed by atoms with E-state index >= 15 is 0 Å². The van der Waals surface area contributed by atoms with Gasteiger partial charge in [-0.1, -0.05) is 0 Å². The van der Waals surface area contributed by atoms with Gasteiger partial charge in [-0.15, -0.1) is 0 Å². The van der Waals surface area contributed by atoms with Crippen LogP contribution in [0.25, 0.3) is 0 Å². The van der Waals surface area contributed by atoms with Gasteiger partial charge < -0.3 is 19.5 Å². The molecule has 0 spiro atoms. The number of rotatable bonds is 3. The summed E-state index contributed by atoms with van der Waals surface area (Å²) in [5, 5.41) is 2.62. The summed E-state index contributed by atoms with van der Waals surface area (Å²) in [7, 11) is 0. The van der Waals surface area contributed by atoms with Crippen molar-refractivity contribution in [3.05, 3.63) is 0 Å². The standard InChI is InChI=1S/C15H27NO5/c1-14(2,3)20-12(17)11(10-7-8-19-9-10)16-13(18)21-15(4,5)6/h10-11H,7-9H2,1-6H3,(H,16,18). The first kappa shape index (κ1) is 17.8. The van der Waals surface area contributed by atoms with Gasteiger partial charge in [0.15, 0.2) is 0 Å². The molecular formula is C15H27NO5. The van der Waals surface area contributed by atoms with Crippen LogP contribution in [0.4, 0.5) is 4.79 Å². The fourth-order valence-electron chi connectivity index (χ4n) is 1.98. The van der Waals surface area contributed by atoms with Crippen LogP contribution < -0.4 is 5.32 Å². The fraction of sp³-hybridized carbons (Fsp3) is 0.867. The molecule has 0 aromatic heterocycles. The minimum atomic E-state index is -0.749. The van der Waals surface area contributed by atoms with Crippen molar-refractivity contribution in [2.45, 2.75) is 65.2 Å². The second-order valence-electron chi connectivity index (χ2n) is 7.28. The van der Waals surface area contributed by atoms with Crippen molar-refractivity contribution in [1.29, 1.82) is 0 Å². The Balaban J connectivity index is 2.73. The summed E-state index contributed by atoms with van der Waals surface area (Å²) in [4.78, 5) is 24.2. The van der Waals surface area contributed by atoms with Gasteiger partial charge in [-0.2, -0.15) is 0 Å². The largest absolute Gasteiger partial charge is 0.458 e. The fourth-order valence-corrected chi connectivity index (χ4v) is 1.98. The lowest BCUT2D eigenvalue weighted by Crippen LogP contribution is -2.50. The molecule has 2 atom stereocenters. The number of carbonyl (C=O) groups is 2. The van der Waals surface area contributed by atoms with E-state index in [0.29, 0.717) is 19.6 Å². The Labute approximate surface area is 126 Å². The minimum Gasteiger partial charge on any atom is -0.458 e. The lowest BCUT2D eigenvalue weighted by molar-refractivity contribution is -0.159. The third-order valence-electron chi connectivity index (χ3n) is 2.77. The second kappa shape index (κ2) is 6.64. The molecule has 0 radical (unpaired) electrons. The van der Waals surface area contributed by atoms with Crippen LogP contribution in [-0.4, -0.2) is 42.5 Å². The molecule has 21 heavy (non-hydrogen) atoms. The molecule has 1 heterocycles. The molecule has 1 aliphatic rings. The average Bonchev–Trinajstić information content (AvgIpc) is 2.73. The van der Waals surface area contributed by atoms with E-state index in [2.05, 4.69) is 5.32 Å². The molecule has 1 N–H and O–H groups in total. The number of carbonyl (C=O) groups excluding carboxylic acids is 2. The number of alkyl carbamates (subject to hydrolysis) is 1. The maximum Gasteiger partial charge on any atom is 0.408 e. The average molecular weight is 301 g/mol. The summed E-state index contributed by atoms with van der Waals surface area (Å²) in [5.74, 6) is -0.545. The molecule has 0 aromatic rings. The smallest absolute Gasteiger partial charge is 0.408 e. The number of ether oxygens (including phenoxy) is 3. The van der Waals surface area contributed by atoms with Gasteiger partial charge in [0, 0.05) is 12.5 Å². The number of hydrogen-bond acceptors (Lipinski definition) is 5. The van der Waals surface area contributed by atoms with E-state index < -0.39 is 29.3 Å². The first-order valence-corrected chi connectivity index (χ1v) is 7.28. The van der Waals surface area contributed by atoms with Crippen LogP contribution in [-0.2, 0) is 19.0 Å². The number of nitrogens with one attached hydrogen (secondary N) is 1. The van der Waals surface area contributed by atoms with Crippen molar-refractivity contribution in [1.82, 2.24) is 5.32 Å². The molecule has 0 bridgehead atoms. The van der Waals surface area contributed by atoms with E-state index in [0.717, 1.165) is 0 Å². The molecule has 1 rings (SSSR count). The van der Waals surface area contributed by atoms with Gasteiger partial charge in [-0.25, -0.2) is 9.59 Å². The number of hydrogen-bond donors (Lipinski definition) is 1. The van der Waals surface area contributed by atoms with Gasteiger partial charge in [-0.3, -0.25) is 0 Å². The summed E-state index contributed by atoms with van der Waals surface area (Å²) in [6.07, 6.45) is 0.0879. The van der Waals surface area contributed by atoms with Crippen molar-refractivity contribution in [2.75, 3.05) is 13.2 Å². The van der Waals surface area contributed by atoms with Gasteiger partial charge in [0.25, 0.3) is 0 Å². The molecule has 0 aliphatic carbocycles. The summed E-state index contributed by atoms with van der Waals surface area (Å²) in [5.41, 5.74) is -1.22. The maximum absolute atomic E-state index is 12.3. The zero-order valence-corrected chi connectivity index (χ0v) is 13.8.